The number of aliphatic hydroxyl groups excluding tert-OH is 1. The Bertz CT molecular complexity index is 609. The summed E-state index contributed by atoms with van der Waals surface area (Å²) < 4.78 is 0. The Hall–Kier alpha value is -1.32. The number of nitrogens with one attached hydrogen (secondary N) is 1. The number of aromatic amines is 1. The Balaban J connectivity index is 0.00000242. The quantitative estimate of drug-likeness (QED) is 0.853. The van der Waals surface area contributed by atoms with Crippen molar-refractivity contribution < 1.29 is 5.11 Å². The zero-order chi connectivity index (χ0) is 15.8. The first-order chi connectivity index (χ1) is 9.70. The molecule has 1 heterocycles. The summed E-state index contributed by atoms with van der Waals surface area (Å²) in [5.41, 5.74) is 3.98. The molecule has 3 nitrogen and oxygen atoms in total. The van der Waals surface area contributed by atoms with E-state index in [1.165, 1.54) is 5.56 Å². The van der Waals surface area contributed by atoms with E-state index in [-0.39, 0.29) is 23.7 Å². The van der Waals surface area contributed by atoms with E-state index in [4.69, 9.17) is 4.98 Å². The molecular formula is C18H27ClN2O. The SMILES string of the molecule is Cc1ccc(-c2nc(C(O)C(C)C)c(C(C)(C)C)[nH]2)cc1.Cl. The van der Waals surface area contributed by atoms with Gasteiger partial charge in [-0.3, -0.25) is 0 Å². The van der Waals surface area contributed by atoms with E-state index in [2.05, 4.69) is 56.9 Å². The highest BCUT2D eigenvalue weighted by molar-refractivity contribution is 5.85. The van der Waals surface area contributed by atoms with Crippen LogP contribution in [-0.2, 0) is 5.41 Å². The lowest BCUT2D eigenvalue weighted by Gasteiger charge is -2.21. The van der Waals surface area contributed by atoms with Crippen LogP contribution >= 0.6 is 12.4 Å². The highest BCUT2D eigenvalue weighted by Gasteiger charge is 2.28. The molecule has 2 N–H and O–H groups in total. The van der Waals surface area contributed by atoms with Crippen molar-refractivity contribution in [1.29, 1.82) is 0 Å². The molecule has 0 aliphatic carbocycles. The first-order valence-electron chi connectivity index (χ1n) is 7.55. The molecule has 4 heteroatoms. The number of benzene rings is 1. The molecule has 0 fully saturated rings. The van der Waals surface area contributed by atoms with Crippen molar-refractivity contribution in [1.82, 2.24) is 9.97 Å². The molecule has 2 aromatic rings. The number of hydrogen-bond acceptors (Lipinski definition) is 2. The molecule has 0 radical (unpaired) electrons. The number of hydrogen-bond donors (Lipinski definition) is 2. The Morgan fingerprint density at radius 3 is 2.09 bits per heavy atom. The third kappa shape index (κ3) is 3.90. The maximum atomic E-state index is 10.5. The molecule has 1 aromatic carbocycles. The first-order valence-corrected chi connectivity index (χ1v) is 7.55. The second-order valence-electron chi connectivity index (χ2n) is 7.15. The van der Waals surface area contributed by atoms with E-state index in [1.807, 2.05) is 13.8 Å². The second-order valence-corrected chi connectivity index (χ2v) is 7.15. The number of rotatable bonds is 3. The molecular weight excluding hydrogens is 296 g/mol. The van der Waals surface area contributed by atoms with E-state index in [0.29, 0.717) is 0 Å². The van der Waals surface area contributed by atoms with Gasteiger partial charge in [0.15, 0.2) is 0 Å². The van der Waals surface area contributed by atoms with E-state index < -0.39 is 6.10 Å². The molecule has 0 amide bonds. The van der Waals surface area contributed by atoms with Crippen LogP contribution in [0.1, 0.15) is 57.7 Å². The Labute approximate surface area is 139 Å². The zero-order valence-corrected chi connectivity index (χ0v) is 15.1. The lowest BCUT2D eigenvalue weighted by atomic mass is 9.88. The van der Waals surface area contributed by atoms with Gasteiger partial charge in [0.25, 0.3) is 0 Å². The van der Waals surface area contributed by atoms with Crippen LogP contribution in [0.4, 0.5) is 0 Å². The standard InChI is InChI=1S/C18H26N2O.ClH/c1-11(2)15(21)14-16(18(4,5)6)20-17(19-14)13-9-7-12(3)8-10-13;/h7-11,15,21H,1-6H3,(H,19,20);1H. The van der Waals surface area contributed by atoms with Gasteiger partial charge < -0.3 is 10.1 Å². The molecule has 2 rings (SSSR count). The summed E-state index contributed by atoms with van der Waals surface area (Å²) in [5.74, 6) is 0.967. The zero-order valence-electron chi connectivity index (χ0n) is 14.3. The van der Waals surface area contributed by atoms with Crippen LogP contribution in [0.25, 0.3) is 11.4 Å². The van der Waals surface area contributed by atoms with Crippen LogP contribution in [0.5, 0.6) is 0 Å². The van der Waals surface area contributed by atoms with E-state index >= 15 is 0 Å². The predicted octanol–water partition coefficient (Wildman–Crippen LogP) is 4.79. The van der Waals surface area contributed by atoms with Crippen LogP contribution in [-0.4, -0.2) is 15.1 Å². The van der Waals surface area contributed by atoms with E-state index in [9.17, 15) is 5.11 Å². The van der Waals surface area contributed by atoms with Gasteiger partial charge in [0.05, 0.1) is 5.69 Å². The fraction of sp³-hybridized carbons (Fsp3) is 0.500. The number of nitrogens with zero attached hydrogens (tertiary/aromatic N) is 1. The van der Waals surface area contributed by atoms with Gasteiger partial charge in [0, 0.05) is 16.7 Å². The summed E-state index contributed by atoms with van der Waals surface area (Å²) in [6.45, 7) is 12.5. The smallest absolute Gasteiger partial charge is 0.137 e. The first kappa shape index (κ1) is 18.7. The van der Waals surface area contributed by atoms with Gasteiger partial charge in [-0.1, -0.05) is 64.4 Å². The van der Waals surface area contributed by atoms with E-state index in [0.717, 1.165) is 22.8 Å². The van der Waals surface area contributed by atoms with E-state index in [1.54, 1.807) is 0 Å². The molecule has 1 unspecified atom stereocenters. The molecule has 0 spiro atoms. The number of aromatic nitrogens is 2. The van der Waals surface area contributed by atoms with Gasteiger partial charge in [-0.25, -0.2) is 4.98 Å². The molecule has 0 saturated heterocycles. The van der Waals surface area contributed by atoms with Crippen molar-refractivity contribution in [3.05, 3.63) is 41.2 Å². The summed E-state index contributed by atoms with van der Waals surface area (Å²) in [6, 6.07) is 8.28. The summed E-state index contributed by atoms with van der Waals surface area (Å²) >= 11 is 0. The molecule has 0 aliphatic rings. The second kappa shape index (κ2) is 6.84. The van der Waals surface area contributed by atoms with Crippen molar-refractivity contribution in [2.24, 2.45) is 5.92 Å². The lowest BCUT2D eigenvalue weighted by molar-refractivity contribution is 0.121. The number of halogens is 1. The van der Waals surface area contributed by atoms with Crippen LogP contribution < -0.4 is 0 Å². The molecule has 0 aliphatic heterocycles. The average molecular weight is 323 g/mol. The summed E-state index contributed by atoms with van der Waals surface area (Å²) in [5, 5.41) is 10.5. The van der Waals surface area contributed by atoms with Gasteiger partial charge in [-0.15, -0.1) is 12.4 Å². The Morgan fingerprint density at radius 2 is 1.64 bits per heavy atom. The third-order valence-electron chi connectivity index (χ3n) is 3.72. The predicted molar refractivity (Wildman–Crippen MR) is 94.5 cm³/mol. The molecule has 0 bridgehead atoms. The Morgan fingerprint density at radius 1 is 1.09 bits per heavy atom. The third-order valence-corrected chi connectivity index (χ3v) is 3.72. The van der Waals surface area contributed by atoms with Crippen molar-refractivity contribution >= 4 is 12.4 Å². The van der Waals surface area contributed by atoms with Gasteiger partial charge in [-0.2, -0.15) is 0 Å². The molecule has 22 heavy (non-hydrogen) atoms. The maximum Gasteiger partial charge on any atom is 0.137 e. The maximum absolute atomic E-state index is 10.5. The fourth-order valence-corrected chi connectivity index (χ4v) is 2.34. The van der Waals surface area contributed by atoms with Crippen molar-refractivity contribution in [3.8, 4) is 11.4 Å². The van der Waals surface area contributed by atoms with Crippen LogP contribution in [0.3, 0.4) is 0 Å². The van der Waals surface area contributed by atoms with Gasteiger partial charge in [-0.05, 0) is 12.8 Å². The van der Waals surface area contributed by atoms with Gasteiger partial charge >= 0.3 is 0 Å². The molecule has 1 aromatic heterocycles. The average Bonchev–Trinajstić information content (AvgIpc) is 2.83. The highest BCUT2D eigenvalue weighted by Crippen LogP contribution is 2.33. The minimum Gasteiger partial charge on any atom is -0.386 e. The van der Waals surface area contributed by atoms with Gasteiger partial charge in [0.1, 0.15) is 11.9 Å². The van der Waals surface area contributed by atoms with Gasteiger partial charge in [0.2, 0.25) is 0 Å². The minimum atomic E-state index is -0.547. The van der Waals surface area contributed by atoms with Crippen LogP contribution in [0, 0.1) is 12.8 Å². The summed E-state index contributed by atoms with van der Waals surface area (Å²) in [7, 11) is 0. The lowest BCUT2D eigenvalue weighted by Crippen LogP contribution is -2.18. The Kier molecular flexibility index (Phi) is 5.82. The molecule has 122 valence electrons. The molecule has 0 saturated carbocycles. The summed E-state index contributed by atoms with van der Waals surface area (Å²) in [4.78, 5) is 8.11. The number of H-pyrrole nitrogens is 1. The van der Waals surface area contributed by atoms with Crippen LogP contribution in [0.15, 0.2) is 24.3 Å². The fourth-order valence-electron chi connectivity index (χ4n) is 2.34. The number of imidazole rings is 1. The monoisotopic (exact) mass is 322 g/mol. The van der Waals surface area contributed by atoms with Crippen molar-refractivity contribution in [3.63, 3.8) is 0 Å². The minimum absolute atomic E-state index is 0. The summed E-state index contributed by atoms with van der Waals surface area (Å²) in [6.07, 6.45) is -0.547. The number of aliphatic hydroxyl groups is 1. The van der Waals surface area contributed by atoms with Crippen molar-refractivity contribution in [2.45, 2.75) is 53.1 Å². The van der Waals surface area contributed by atoms with Crippen molar-refractivity contribution in [2.75, 3.05) is 0 Å². The van der Waals surface area contributed by atoms with Crippen LogP contribution in [0.2, 0.25) is 0 Å². The molecule has 1 atom stereocenters. The normalized spacial score (nSPS) is 13.1. The topological polar surface area (TPSA) is 48.9 Å². The largest absolute Gasteiger partial charge is 0.386 e. The highest BCUT2D eigenvalue weighted by atomic mass is 35.5. The number of aryl methyl sites for hydroxylation is 1.